The molecule has 4 aromatic rings. The van der Waals surface area contributed by atoms with Gasteiger partial charge in [0.25, 0.3) is 5.91 Å². The van der Waals surface area contributed by atoms with Crippen molar-refractivity contribution in [3.63, 3.8) is 0 Å². The molecule has 0 spiro atoms. The van der Waals surface area contributed by atoms with Crippen molar-refractivity contribution in [2.75, 3.05) is 32.3 Å². The highest BCUT2D eigenvalue weighted by molar-refractivity contribution is 7.99. The van der Waals surface area contributed by atoms with Gasteiger partial charge < -0.3 is 15.0 Å². The normalized spacial score (nSPS) is 10.6. The molecule has 9 heteroatoms. The second-order valence-corrected chi connectivity index (χ2v) is 8.76. The summed E-state index contributed by atoms with van der Waals surface area (Å²) in [4.78, 5) is 26.2. The van der Waals surface area contributed by atoms with Gasteiger partial charge in [-0.2, -0.15) is 0 Å². The number of amides is 2. The van der Waals surface area contributed by atoms with Crippen LogP contribution in [0.5, 0.6) is 5.75 Å². The van der Waals surface area contributed by atoms with Gasteiger partial charge in [-0.1, -0.05) is 30.0 Å². The second kappa shape index (κ2) is 10.9. The fourth-order valence-corrected chi connectivity index (χ4v) is 4.13. The van der Waals surface area contributed by atoms with E-state index in [1.807, 2.05) is 59.2 Å². The Morgan fingerprint density at radius 2 is 1.63 bits per heavy atom. The van der Waals surface area contributed by atoms with Crippen molar-refractivity contribution in [3.8, 4) is 22.8 Å². The van der Waals surface area contributed by atoms with Crippen LogP contribution in [-0.4, -0.2) is 58.4 Å². The van der Waals surface area contributed by atoms with Gasteiger partial charge >= 0.3 is 0 Å². The Balaban J connectivity index is 1.50. The first-order valence-electron chi connectivity index (χ1n) is 10.9. The van der Waals surface area contributed by atoms with Crippen molar-refractivity contribution in [1.29, 1.82) is 0 Å². The average molecular weight is 488 g/mol. The Bertz CT molecular complexity index is 1300. The molecular weight excluding hydrogens is 462 g/mol. The first-order valence-corrected chi connectivity index (χ1v) is 11.8. The molecule has 8 nitrogen and oxygen atoms in total. The smallest absolute Gasteiger partial charge is 0.253 e. The zero-order chi connectivity index (χ0) is 24.8. The SMILES string of the molecule is COc1ccc(-c2nnc(SCC(=O)Nc3ccc(C(=O)N(C)C)cc3)n2-c2ccccc2)cc1. The molecule has 0 aliphatic heterocycles. The summed E-state index contributed by atoms with van der Waals surface area (Å²) in [7, 11) is 5.02. The topological polar surface area (TPSA) is 89.3 Å². The number of hydrogen-bond acceptors (Lipinski definition) is 6. The van der Waals surface area contributed by atoms with Crippen LogP contribution in [0, 0.1) is 0 Å². The van der Waals surface area contributed by atoms with E-state index in [9.17, 15) is 9.59 Å². The van der Waals surface area contributed by atoms with Crippen molar-refractivity contribution in [1.82, 2.24) is 19.7 Å². The zero-order valence-corrected chi connectivity index (χ0v) is 20.5. The molecule has 3 aromatic carbocycles. The van der Waals surface area contributed by atoms with E-state index in [4.69, 9.17) is 4.74 Å². The predicted molar refractivity (Wildman–Crippen MR) is 137 cm³/mol. The molecule has 0 atom stereocenters. The van der Waals surface area contributed by atoms with E-state index in [1.165, 1.54) is 16.7 Å². The molecule has 4 rings (SSSR count). The molecule has 178 valence electrons. The number of benzene rings is 3. The van der Waals surface area contributed by atoms with Crippen LogP contribution in [0.25, 0.3) is 17.1 Å². The van der Waals surface area contributed by atoms with Gasteiger partial charge in [0.15, 0.2) is 11.0 Å². The Labute approximate surface area is 207 Å². The highest BCUT2D eigenvalue weighted by Crippen LogP contribution is 2.29. The van der Waals surface area contributed by atoms with Crippen LogP contribution in [0.15, 0.2) is 84.0 Å². The number of methoxy groups -OCH3 is 1. The van der Waals surface area contributed by atoms with E-state index in [0.717, 1.165) is 17.0 Å². The molecule has 1 N–H and O–H groups in total. The summed E-state index contributed by atoms with van der Waals surface area (Å²) < 4.78 is 7.19. The Morgan fingerprint density at radius 3 is 2.26 bits per heavy atom. The monoisotopic (exact) mass is 487 g/mol. The number of ether oxygens (including phenoxy) is 1. The first-order chi connectivity index (χ1) is 17.0. The molecule has 0 bridgehead atoms. The number of para-hydroxylation sites is 1. The molecule has 0 saturated carbocycles. The van der Waals surface area contributed by atoms with E-state index >= 15 is 0 Å². The van der Waals surface area contributed by atoms with Gasteiger partial charge in [-0.25, -0.2) is 0 Å². The minimum absolute atomic E-state index is 0.0913. The lowest BCUT2D eigenvalue weighted by molar-refractivity contribution is -0.113. The number of anilines is 1. The zero-order valence-electron chi connectivity index (χ0n) is 19.6. The number of nitrogens with zero attached hydrogens (tertiary/aromatic N) is 4. The van der Waals surface area contributed by atoms with Crippen molar-refractivity contribution in [3.05, 3.63) is 84.4 Å². The summed E-state index contributed by atoms with van der Waals surface area (Å²) in [6.07, 6.45) is 0. The van der Waals surface area contributed by atoms with Crippen molar-refractivity contribution in [2.24, 2.45) is 0 Å². The number of aromatic nitrogens is 3. The Morgan fingerprint density at radius 1 is 0.943 bits per heavy atom. The summed E-state index contributed by atoms with van der Waals surface area (Å²) in [5.74, 6) is 1.29. The standard InChI is InChI=1S/C26H25N5O3S/c1-30(2)25(33)19-9-13-20(14-10-19)27-23(32)17-35-26-29-28-24(18-11-15-22(34-3)16-12-18)31(26)21-7-5-4-6-8-21/h4-16H,17H2,1-3H3,(H,27,32). The minimum Gasteiger partial charge on any atom is -0.497 e. The van der Waals surface area contributed by atoms with Crippen molar-refractivity contribution in [2.45, 2.75) is 5.16 Å². The predicted octanol–water partition coefficient (Wildman–Crippen LogP) is 4.38. The van der Waals surface area contributed by atoms with Gasteiger partial charge in [0, 0.05) is 36.6 Å². The third kappa shape index (κ3) is 5.70. The summed E-state index contributed by atoms with van der Waals surface area (Å²) in [6.45, 7) is 0. The van der Waals surface area contributed by atoms with Crippen LogP contribution in [0.1, 0.15) is 10.4 Å². The van der Waals surface area contributed by atoms with Crippen molar-refractivity contribution < 1.29 is 14.3 Å². The summed E-state index contributed by atoms with van der Waals surface area (Å²) in [5, 5.41) is 12.2. The number of carbonyl (C=O) groups excluding carboxylic acids is 2. The maximum Gasteiger partial charge on any atom is 0.253 e. The number of hydrogen-bond donors (Lipinski definition) is 1. The van der Waals surface area contributed by atoms with Gasteiger partial charge in [-0.15, -0.1) is 10.2 Å². The third-order valence-corrected chi connectivity index (χ3v) is 6.08. The molecule has 0 aliphatic carbocycles. The number of thioether (sulfide) groups is 1. The molecule has 1 aromatic heterocycles. The molecule has 2 amide bonds. The Hall–Kier alpha value is -4.11. The van der Waals surface area contributed by atoms with Crippen LogP contribution < -0.4 is 10.1 Å². The maximum atomic E-state index is 12.6. The molecule has 1 heterocycles. The molecule has 35 heavy (non-hydrogen) atoms. The Kier molecular flexibility index (Phi) is 7.47. The quantitative estimate of drug-likeness (QED) is 0.371. The third-order valence-electron chi connectivity index (χ3n) is 5.15. The summed E-state index contributed by atoms with van der Waals surface area (Å²) in [6, 6.07) is 24.2. The average Bonchev–Trinajstić information content (AvgIpc) is 3.32. The molecule has 0 unspecified atom stereocenters. The highest BCUT2D eigenvalue weighted by Gasteiger charge is 2.17. The van der Waals surface area contributed by atoms with Gasteiger partial charge in [0.05, 0.1) is 12.9 Å². The van der Waals surface area contributed by atoms with Gasteiger partial charge in [-0.3, -0.25) is 14.2 Å². The van der Waals surface area contributed by atoms with Gasteiger partial charge in [-0.05, 0) is 60.7 Å². The number of carbonyl (C=O) groups is 2. The fourth-order valence-electron chi connectivity index (χ4n) is 3.38. The fraction of sp³-hybridized carbons (Fsp3) is 0.154. The lowest BCUT2D eigenvalue weighted by Gasteiger charge is -2.12. The maximum absolute atomic E-state index is 12.6. The van der Waals surface area contributed by atoms with Crippen LogP contribution in [-0.2, 0) is 4.79 Å². The van der Waals surface area contributed by atoms with E-state index in [1.54, 1.807) is 45.5 Å². The molecule has 0 aliphatic rings. The molecule has 0 radical (unpaired) electrons. The van der Waals surface area contributed by atoms with E-state index in [2.05, 4.69) is 15.5 Å². The molecular formula is C26H25N5O3S. The van der Waals surface area contributed by atoms with E-state index in [-0.39, 0.29) is 17.6 Å². The van der Waals surface area contributed by atoms with Gasteiger partial charge in [0.1, 0.15) is 5.75 Å². The summed E-state index contributed by atoms with van der Waals surface area (Å²) in [5.41, 5.74) is 2.96. The van der Waals surface area contributed by atoms with Crippen LogP contribution >= 0.6 is 11.8 Å². The van der Waals surface area contributed by atoms with Gasteiger partial charge in [0.2, 0.25) is 5.91 Å². The van der Waals surface area contributed by atoms with Crippen LogP contribution in [0.2, 0.25) is 0 Å². The minimum atomic E-state index is -0.185. The molecule has 0 saturated heterocycles. The highest BCUT2D eigenvalue weighted by atomic mass is 32.2. The first kappa shape index (κ1) is 24.0. The lowest BCUT2D eigenvalue weighted by Crippen LogP contribution is -2.21. The van der Waals surface area contributed by atoms with E-state index in [0.29, 0.717) is 22.2 Å². The van der Waals surface area contributed by atoms with Crippen LogP contribution in [0.4, 0.5) is 5.69 Å². The second-order valence-electron chi connectivity index (χ2n) is 7.82. The van der Waals surface area contributed by atoms with Crippen LogP contribution in [0.3, 0.4) is 0 Å². The van der Waals surface area contributed by atoms with Crippen molar-refractivity contribution >= 4 is 29.3 Å². The largest absolute Gasteiger partial charge is 0.497 e. The number of nitrogens with one attached hydrogen (secondary N) is 1. The number of rotatable bonds is 8. The summed E-state index contributed by atoms with van der Waals surface area (Å²) >= 11 is 1.30. The lowest BCUT2D eigenvalue weighted by atomic mass is 10.2. The van der Waals surface area contributed by atoms with E-state index < -0.39 is 0 Å². The molecule has 0 fully saturated rings.